The number of aromatic nitrogens is 3. The van der Waals surface area contributed by atoms with E-state index in [2.05, 4.69) is 15.0 Å². The normalized spacial score (nSPS) is 10.1. The topological polar surface area (TPSA) is 91.4 Å². The summed E-state index contributed by atoms with van der Waals surface area (Å²) in [5, 5.41) is 8.79. The van der Waals surface area contributed by atoms with Crippen LogP contribution in [0.4, 0.5) is 0 Å². The van der Waals surface area contributed by atoms with Crippen molar-refractivity contribution < 1.29 is 0 Å². The molecule has 0 fully saturated rings. The van der Waals surface area contributed by atoms with Crippen LogP contribution in [0.3, 0.4) is 0 Å². The quantitative estimate of drug-likeness (QED) is 0.535. The first-order chi connectivity index (χ1) is 7.25. The van der Waals surface area contributed by atoms with E-state index < -0.39 is 0 Å². The minimum atomic E-state index is -0.0307. The number of nitrogens with two attached hydrogens (primary N) is 1. The Morgan fingerprint density at radius 2 is 2.33 bits per heavy atom. The molecule has 5 nitrogen and oxygen atoms in total. The summed E-state index contributed by atoms with van der Waals surface area (Å²) in [6.45, 7) is 0. The van der Waals surface area contributed by atoms with Gasteiger partial charge in [-0.05, 0) is 23.9 Å². The third kappa shape index (κ3) is 2.35. The molecule has 0 radical (unpaired) electrons. The van der Waals surface area contributed by atoms with E-state index in [1.807, 2.05) is 12.1 Å². The second-order valence-corrected chi connectivity index (χ2v) is 3.78. The molecule has 0 unspecified atom stereocenters. The first-order valence-corrected chi connectivity index (χ1v) is 5.06. The number of amidine groups is 1. The Morgan fingerprint density at radius 3 is 3.00 bits per heavy atom. The lowest BCUT2D eigenvalue weighted by Crippen LogP contribution is -2.12. The van der Waals surface area contributed by atoms with Gasteiger partial charge in [-0.15, -0.1) is 0 Å². The van der Waals surface area contributed by atoms with Crippen LogP contribution in [0.25, 0.3) is 0 Å². The summed E-state index contributed by atoms with van der Waals surface area (Å²) in [4.78, 5) is 11.2. The predicted molar refractivity (Wildman–Crippen MR) is 58.0 cm³/mol. The first-order valence-electron chi connectivity index (χ1n) is 4.24. The van der Waals surface area contributed by atoms with Crippen LogP contribution in [-0.2, 0) is 0 Å². The van der Waals surface area contributed by atoms with Gasteiger partial charge in [-0.25, -0.2) is 9.97 Å². The predicted octanol–water partition coefficient (Wildman–Crippen LogP) is 1.24. The minimum absolute atomic E-state index is 0.0307. The Hall–Kier alpha value is -1.82. The van der Waals surface area contributed by atoms with Crippen LogP contribution < -0.4 is 5.73 Å². The first kappa shape index (κ1) is 9.72. The molecule has 0 atom stereocenters. The summed E-state index contributed by atoms with van der Waals surface area (Å²) in [7, 11) is 0. The fraction of sp³-hybridized carbons (Fsp3) is 0. The van der Waals surface area contributed by atoms with E-state index in [4.69, 9.17) is 11.1 Å². The van der Waals surface area contributed by atoms with Crippen LogP contribution in [-0.4, -0.2) is 20.8 Å². The molecule has 2 aromatic heterocycles. The molecule has 0 aliphatic carbocycles. The van der Waals surface area contributed by atoms with Crippen LogP contribution in [0, 0.1) is 5.41 Å². The number of nitrogens with one attached hydrogen (secondary N) is 2. The second kappa shape index (κ2) is 4.14. The van der Waals surface area contributed by atoms with Crippen molar-refractivity contribution in [3.05, 3.63) is 36.3 Å². The van der Waals surface area contributed by atoms with Crippen molar-refractivity contribution in [2.45, 2.75) is 10.2 Å². The number of imidazole rings is 1. The van der Waals surface area contributed by atoms with Gasteiger partial charge in [0.25, 0.3) is 0 Å². The molecule has 0 spiro atoms. The highest BCUT2D eigenvalue weighted by atomic mass is 32.2. The van der Waals surface area contributed by atoms with Gasteiger partial charge in [-0.1, -0.05) is 6.07 Å². The highest BCUT2D eigenvalue weighted by molar-refractivity contribution is 7.99. The maximum Gasteiger partial charge on any atom is 0.171 e. The Labute approximate surface area is 90.7 Å². The molecule has 0 bridgehead atoms. The molecule has 4 N–H and O–H groups in total. The van der Waals surface area contributed by atoms with Crippen molar-refractivity contribution in [3.63, 3.8) is 0 Å². The van der Waals surface area contributed by atoms with Gasteiger partial charge >= 0.3 is 0 Å². The fourth-order valence-corrected chi connectivity index (χ4v) is 1.76. The van der Waals surface area contributed by atoms with Gasteiger partial charge in [0.2, 0.25) is 0 Å². The van der Waals surface area contributed by atoms with Gasteiger partial charge in [-0.3, -0.25) is 5.41 Å². The van der Waals surface area contributed by atoms with Crippen molar-refractivity contribution in [1.29, 1.82) is 5.41 Å². The lowest BCUT2D eigenvalue weighted by atomic mass is 10.3. The van der Waals surface area contributed by atoms with E-state index in [9.17, 15) is 0 Å². The summed E-state index contributed by atoms with van der Waals surface area (Å²) in [6, 6.07) is 5.36. The van der Waals surface area contributed by atoms with Gasteiger partial charge < -0.3 is 10.7 Å². The molecular weight excluding hydrogens is 210 g/mol. The van der Waals surface area contributed by atoms with Crippen LogP contribution in [0.2, 0.25) is 0 Å². The lowest BCUT2D eigenvalue weighted by Gasteiger charge is -2.00. The second-order valence-electron chi connectivity index (χ2n) is 2.77. The lowest BCUT2D eigenvalue weighted by molar-refractivity contribution is 1.03. The Morgan fingerprint density at radius 1 is 1.47 bits per heavy atom. The molecule has 0 saturated carbocycles. The number of H-pyrrole nitrogens is 1. The fourth-order valence-electron chi connectivity index (χ4n) is 1.03. The maximum absolute atomic E-state index is 7.26. The van der Waals surface area contributed by atoms with Crippen molar-refractivity contribution in [1.82, 2.24) is 15.0 Å². The van der Waals surface area contributed by atoms with Gasteiger partial charge in [0.15, 0.2) is 5.16 Å². The standard InChI is InChI=1S/C9H9N5S/c10-8(11)6-2-1-3-7(14-6)15-9-12-4-5-13-9/h1-5H,(H3,10,11)(H,12,13). The van der Waals surface area contributed by atoms with Gasteiger partial charge in [0.1, 0.15) is 16.6 Å². The largest absolute Gasteiger partial charge is 0.382 e. The molecule has 0 amide bonds. The number of nitrogens with zero attached hydrogens (tertiary/aromatic N) is 2. The van der Waals surface area contributed by atoms with E-state index in [0.29, 0.717) is 5.69 Å². The van der Waals surface area contributed by atoms with Crippen LogP contribution >= 0.6 is 11.8 Å². The van der Waals surface area contributed by atoms with E-state index in [-0.39, 0.29) is 5.84 Å². The number of aromatic amines is 1. The van der Waals surface area contributed by atoms with E-state index in [1.54, 1.807) is 18.5 Å². The van der Waals surface area contributed by atoms with Crippen molar-refractivity contribution in [3.8, 4) is 0 Å². The van der Waals surface area contributed by atoms with Gasteiger partial charge in [0, 0.05) is 12.4 Å². The summed E-state index contributed by atoms with van der Waals surface area (Å²) >= 11 is 1.40. The molecule has 0 aromatic carbocycles. The van der Waals surface area contributed by atoms with Crippen molar-refractivity contribution >= 4 is 17.6 Å². The molecule has 2 rings (SSSR count). The third-order valence-electron chi connectivity index (χ3n) is 1.67. The van der Waals surface area contributed by atoms with Crippen LogP contribution in [0.15, 0.2) is 40.8 Å². The van der Waals surface area contributed by atoms with E-state index in [0.717, 1.165) is 10.2 Å². The molecule has 0 saturated heterocycles. The number of rotatable bonds is 3. The molecule has 6 heteroatoms. The summed E-state index contributed by atoms with van der Waals surface area (Å²) in [6.07, 6.45) is 3.42. The van der Waals surface area contributed by atoms with Crippen LogP contribution in [0.1, 0.15) is 5.69 Å². The third-order valence-corrected chi connectivity index (χ3v) is 2.53. The molecule has 0 aliphatic heterocycles. The van der Waals surface area contributed by atoms with E-state index in [1.165, 1.54) is 11.8 Å². The Kier molecular flexibility index (Phi) is 2.68. The number of nitrogen functional groups attached to an aromatic ring is 1. The van der Waals surface area contributed by atoms with Crippen molar-refractivity contribution in [2.24, 2.45) is 5.73 Å². The summed E-state index contributed by atoms with van der Waals surface area (Å²) in [5.74, 6) is -0.0307. The summed E-state index contributed by atoms with van der Waals surface area (Å²) in [5.41, 5.74) is 5.82. The number of hydrogen-bond donors (Lipinski definition) is 3. The molecule has 0 aliphatic rings. The molecule has 76 valence electrons. The average Bonchev–Trinajstić information content (AvgIpc) is 2.71. The molecular formula is C9H9N5S. The highest BCUT2D eigenvalue weighted by Gasteiger charge is 2.03. The zero-order valence-corrected chi connectivity index (χ0v) is 8.58. The molecule has 2 aromatic rings. The van der Waals surface area contributed by atoms with Gasteiger partial charge in [-0.2, -0.15) is 0 Å². The minimum Gasteiger partial charge on any atom is -0.382 e. The number of pyridine rings is 1. The maximum atomic E-state index is 7.26. The Balaban J connectivity index is 2.22. The van der Waals surface area contributed by atoms with Crippen LogP contribution in [0.5, 0.6) is 0 Å². The van der Waals surface area contributed by atoms with Crippen molar-refractivity contribution in [2.75, 3.05) is 0 Å². The van der Waals surface area contributed by atoms with E-state index >= 15 is 0 Å². The number of hydrogen-bond acceptors (Lipinski definition) is 4. The summed E-state index contributed by atoms with van der Waals surface area (Å²) < 4.78 is 0. The monoisotopic (exact) mass is 219 g/mol. The smallest absolute Gasteiger partial charge is 0.171 e. The zero-order chi connectivity index (χ0) is 10.7. The highest BCUT2D eigenvalue weighted by Crippen LogP contribution is 2.21. The SMILES string of the molecule is N=C(N)c1cccc(Sc2ncc[nH]2)n1. The van der Waals surface area contributed by atoms with Gasteiger partial charge in [0.05, 0.1) is 0 Å². The average molecular weight is 219 g/mol. The molecule has 2 heterocycles. The molecule has 15 heavy (non-hydrogen) atoms. The zero-order valence-electron chi connectivity index (χ0n) is 7.77. The Bertz CT molecular complexity index is 465.